The molecule has 1 aromatic carbocycles. The Kier molecular flexibility index (Phi) is 4.46. The highest BCUT2D eigenvalue weighted by atomic mass is 79.9. The number of carbonyl (C=O) groups excluding carboxylic acids is 1. The number of thioether (sulfide) groups is 1. The molecular weight excluding hydrogens is 384 g/mol. The molecule has 0 saturated carbocycles. The van der Waals surface area contributed by atoms with E-state index in [0.29, 0.717) is 15.0 Å². The van der Waals surface area contributed by atoms with E-state index in [1.165, 1.54) is 23.1 Å². The number of halogens is 1. The maximum atomic E-state index is 12.5. The summed E-state index contributed by atoms with van der Waals surface area (Å²) in [6.45, 7) is 0. The fourth-order valence-electron chi connectivity index (χ4n) is 2.11. The summed E-state index contributed by atoms with van der Waals surface area (Å²) in [6, 6.07) is 5.61. The number of hydrogen-bond acceptors (Lipinski definition) is 6. The van der Waals surface area contributed by atoms with Crippen LogP contribution in [0.2, 0.25) is 0 Å². The molecule has 0 aliphatic carbocycles. The summed E-state index contributed by atoms with van der Waals surface area (Å²) in [5.41, 5.74) is 0.885. The number of Topliss-reactive ketones (excluding diaryl/α,β-unsaturated/α-hetero) is 1. The highest BCUT2D eigenvalue weighted by Gasteiger charge is 2.38. The quantitative estimate of drug-likeness (QED) is 0.786. The maximum absolute atomic E-state index is 12.5. The summed E-state index contributed by atoms with van der Waals surface area (Å²) in [6.07, 6.45) is 3.47. The zero-order chi connectivity index (χ0) is 15.7. The van der Waals surface area contributed by atoms with E-state index in [0.717, 1.165) is 15.8 Å². The van der Waals surface area contributed by atoms with Crippen LogP contribution in [0, 0.1) is 5.41 Å². The van der Waals surface area contributed by atoms with Crippen molar-refractivity contribution in [2.75, 3.05) is 7.11 Å². The number of benzene rings is 1. The number of allylic oxidation sites excluding steroid dienone is 1. The van der Waals surface area contributed by atoms with Crippen LogP contribution in [-0.4, -0.2) is 22.9 Å². The van der Waals surface area contributed by atoms with Crippen molar-refractivity contribution >= 4 is 55.9 Å². The van der Waals surface area contributed by atoms with Gasteiger partial charge in [0.25, 0.3) is 0 Å². The summed E-state index contributed by atoms with van der Waals surface area (Å²) in [4.78, 5) is 17.3. The number of methoxy groups -OCH3 is 1. The Morgan fingerprint density at radius 2 is 2.27 bits per heavy atom. The number of hydrogen-bond donors (Lipinski definition) is 1. The molecule has 1 unspecified atom stereocenters. The minimum atomic E-state index is -0.544. The lowest BCUT2D eigenvalue weighted by molar-refractivity contribution is -0.114. The van der Waals surface area contributed by atoms with Gasteiger partial charge in [-0.2, -0.15) is 0 Å². The van der Waals surface area contributed by atoms with Gasteiger partial charge in [-0.05, 0) is 39.7 Å². The van der Waals surface area contributed by atoms with Crippen LogP contribution in [0.1, 0.15) is 16.5 Å². The average Bonchev–Trinajstić information content (AvgIpc) is 3.08. The standard InChI is InChI=1S/C15H11BrN2O2S2/c1-20-10-3-2-8(6-9(10)16)7-11-13(19)12(14(17)22-11)15-18-4-5-21-15/h2-7,12,17H,1H3. The van der Waals surface area contributed by atoms with Gasteiger partial charge in [0.1, 0.15) is 16.7 Å². The Morgan fingerprint density at radius 3 is 2.91 bits per heavy atom. The Labute approximate surface area is 144 Å². The Morgan fingerprint density at radius 1 is 1.45 bits per heavy atom. The van der Waals surface area contributed by atoms with Crippen molar-refractivity contribution < 1.29 is 9.53 Å². The first-order chi connectivity index (χ1) is 10.6. The van der Waals surface area contributed by atoms with E-state index >= 15 is 0 Å². The molecule has 1 N–H and O–H groups in total. The minimum absolute atomic E-state index is 0.0584. The minimum Gasteiger partial charge on any atom is -0.496 e. The third kappa shape index (κ3) is 2.88. The van der Waals surface area contributed by atoms with Crippen LogP contribution in [0.3, 0.4) is 0 Å². The molecule has 0 bridgehead atoms. The molecule has 1 atom stereocenters. The van der Waals surface area contributed by atoms with E-state index in [4.69, 9.17) is 10.1 Å². The molecule has 1 saturated heterocycles. The van der Waals surface area contributed by atoms with Gasteiger partial charge in [0.2, 0.25) is 0 Å². The number of aromatic nitrogens is 1. The Bertz CT molecular complexity index is 772. The van der Waals surface area contributed by atoms with Crippen LogP contribution < -0.4 is 4.74 Å². The zero-order valence-corrected chi connectivity index (χ0v) is 14.7. The summed E-state index contributed by atoms with van der Waals surface area (Å²) in [5.74, 6) is 0.135. The second-order valence-corrected chi connectivity index (χ2v) is 7.40. The van der Waals surface area contributed by atoms with Crippen LogP contribution in [0.5, 0.6) is 5.75 Å². The van der Waals surface area contributed by atoms with E-state index < -0.39 is 5.92 Å². The number of thiazole rings is 1. The number of carbonyl (C=O) groups is 1. The fourth-order valence-corrected chi connectivity index (χ4v) is 4.48. The molecule has 7 heteroatoms. The van der Waals surface area contributed by atoms with Gasteiger partial charge in [-0.3, -0.25) is 10.2 Å². The molecule has 22 heavy (non-hydrogen) atoms. The van der Waals surface area contributed by atoms with Crippen molar-refractivity contribution in [3.05, 3.63) is 49.7 Å². The first-order valence-corrected chi connectivity index (χ1v) is 8.84. The molecule has 1 aliphatic heterocycles. The Hall–Kier alpha value is -1.44. The number of rotatable bonds is 3. The van der Waals surface area contributed by atoms with Crippen molar-refractivity contribution in [1.82, 2.24) is 4.98 Å². The summed E-state index contributed by atoms with van der Waals surface area (Å²) in [7, 11) is 1.61. The third-order valence-corrected chi connectivity index (χ3v) is 5.61. The van der Waals surface area contributed by atoms with Crippen molar-refractivity contribution in [2.45, 2.75) is 5.92 Å². The van der Waals surface area contributed by atoms with E-state index in [9.17, 15) is 4.79 Å². The number of nitrogens with one attached hydrogen (secondary N) is 1. The monoisotopic (exact) mass is 394 g/mol. The predicted octanol–water partition coefficient (Wildman–Crippen LogP) is 4.33. The topological polar surface area (TPSA) is 63.0 Å². The van der Waals surface area contributed by atoms with Gasteiger partial charge in [0, 0.05) is 11.6 Å². The van der Waals surface area contributed by atoms with Crippen LogP contribution in [-0.2, 0) is 4.79 Å². The molecule has 0 spiro atoms. The highest BCUT2D eigenvalue weighted by molar-refractivity contribution is 9.10. The van der Waals surface area contributed by atoms with Gasteiger partial charge in [0.05, 0.1) is 21.5 Å². The smallest absolute Gasteiger partial charge is 0.186 e. The third-order valence-electron chi connectivity index (χ3n) is 3.16. The molecule has 2 aromatic rings. The molecule has 0 amide bonds. The van der Waals surface area contributed by atoms with E-state index in [1.54, 1.807) is 19.4 Å². The van der Waals surface area contributed by atoms with Crippen molar-refractivity contribution in [1.29, 1.82) is 5.41 Å². The molecule has 2 heterocycles. The van der Waals surface area contributed by atoms with Crippen LogP contribution in [0.25, 0.3) is 6.08 Å². The van der Waals surface area contributed by atoms with Crippen molar-refractivity contribution in [3.8, 4) is 5.75 Å². The Balaban J connectivity index is 1.91. The molecule has 4 nitrogen and oxygen atoms in total. The van der Waals surface area contributed by atoms with Crippen molar-refractivity contribution in [2.24, 2.45) is 0 Å². The lowest BCUT2D eigenvalue weighted by atomic mass is 10.1. The number of ketones is 1. The van der Waals surface area contributed by atoms with Crippen molar-refractivity contribution in [3.63, 3.8) is 0 Å². The summed E-state index contributed by atoms with van der Waals surface area (Å²) >= 11 is 6.04. The molecule has 1 fully saturated rings. The molecular formula is C15H11BrN2O2S2. The van der Waals surface area contributed by atoms with Gasteiger partial charge in [0.15, 0.2) is 5.78 Å². The second-order valence-electron chi connectivity index (χ2n) is 4.54. The van der Waals surface area contributed by atoms with Gasteiger partial charge in [-0.25, -0.2) is 4.98 Å². The largest absolute Gasteiger partial charge is 0.496 e. The van der Waals surface area contributed by atoms with Crippen LogP contribution in [0.4, 0.5) is 0 Å². The zero-order valence-electron chi connectivity index (χ0n) is 11.5. The van der Waals surface area contributed by atoms with Crippen LogP contribution >= 0.6 is 39.0 Å². The number of ether oxygens (including phenoxy) is 1. The fraction of sp³-hybridized carbons (Fsp3) is 0.133. The lowest BCUT2D eigenvalue weighted by Gasteiger charge is -2.04. The van der Waals surface area contributed by atoms with Gasteiger partial charge < -0.3 is 4.74 Å². The number of nitrogens with zero attached hydrogens (tertiary/aromatic N) is 1. The average molecular weight is 395 g/mol. The van der Waals surface area contributed by atoms with Crippen LogP contribution in [0.15, 0.2) is 39.2 Å². The van der Waals surface area contributed by atoms with E-state index in [-0.39, 0.29) is 5.78 Å². The maximum Gasteiger partial charge on any atom is 0.186 e. The van der Waals surface area contributed by atoms with Gasteiger partial charge >= 0.3 is 0 Å². The summed E-state index contributed by atoms with van der Waals surface area (Å²) < 4.78 is 6.02. The summed E-state index contributed by atoms with van der Waals surface area (Å²) in [5, 5.41) is 10.9. The van der Waals surface area contributed by atoms with E-state index in [1.807, 2.05) is 23.6 Å². The second kappa shape index (κ2) is 6.36. The SMILES string of the molecule is COc1ccc(C=C2SC(=N)C(c3nccs3)C2=O)cc1Br. The molecule has 1 aliphatic rings. The first-order valence-electron chi connectivity index (χ1n) is 6.35. The van der Waals surface area contributed by atoms with E-state index in [2.05, 4.69) is 20.9 Å². The predicted molar refractivity (Wildman–Crippen MR) is 93.9 cm³/mol. The molecule has 3 rings (SSSR count). The highest BCUT2D eigenvalue weighted by Crippen LogP contribution is 2.41. The molecule has 1 aromatic heterocycles. The first kappa shape index (κ1) is 15.5. The lowest BCUT2D eigenvalue weighted by Crippen LogP contribution is -2.11. The van der Waals surface area contributed by atoms with Gasteiger partial charge in [-0.15, -0.1) is 11.3 Å². The van der Waals surface area contributed by atoms with Gasteiger partial charge in [-0.1, -0.05) is 17.8 Å². The molecule has 112 valence electrons. The molecule has 0 radical (unpaired) electrons. The normalized spacial score (nSPS) is 19.9.